The zero-order valence-electron chi connectivity index (χ0n) is 8.50. The molecule has 1 aliphatic carbocycles. The molecule has 0 aromatic rings. The second kappa shape index (κ2) is 4.13. The summed E-state index contributed by atoms with van der Waals surface area (Å²) in [4.78, 5) is 11.4. The highest BCUT2D eigenvalue weighted by Crippen LogP contribution is 2.49. The number of carboxylic acid groups (broad SMARTS) is 1. The van der Waals surface area contributed by atoms with E-state index in [0.717, 1.165) is 31.4 Å². The first-order chi connectivity index (χ1) is 6.76. The number of hydrogen-bond donors (Lipinski definition) is 1. The maximum absolute atomic E-state index is 11.4. The van der Waals surface area contributed by atoms with Crippen molar-refractivity contribution in [1.29, 1.82) is 0 Å². The van der Waals surface area contributed by atoms with Crippen LogP contribution in [0.4, 0.5) is 0 Å². The van der Waals surface area contributed by atoms with E-state index in [-0.39, 0.29) is 0 Å². The Morgan fingerprint density at radius 1 is 1.21 bits per heavy atom. The molecule has 1 saturated heterocycles. The molecule has 0 spiro atoms. The minimum absolute atomic E-state index is 0.402. The maximum Gasteiger partial charge on any atom is 0.320 e. The van der Waals surface area contributed by atoms with E-state index in [1.165, 1.54) is 19.3 Å². The van der Waals surface area contributed by atoms with Gasteiger partial charge in [-0.2, -0.15) is 0 Å². The first kappa shape index (κ1) is 10.3. The van der Waals surface area contributed by atoms with Gasteiger partial charge < -0.3 is 5.11 Å². The molecule has 2 aliphatic rings. The Morgan fingerprint density at radius 3 is 2.43 bits per heavy atom. The highest BCUT2D eigenvalue weighted by molar-refractivity contribution is 8.01. The van der Waals surface area contributed by atoms with E-state index in [1.54, 1.807) is 11.8 Å². The van der Waals surface area contributed by atoms with Gasteiger partial charge in [0.1, 0.15) is 4.75 Å². The standard InChI is InChI=1S/C11H18O2S/c12-10(13)11(7-4-8-14-11)9-5-2-1-3-6-9/h9H,1-8H2,(H,12,13). The number of rotatable bonds is 2. The van der Waals surface area contributed by atoms with Crippen molar-refractivity contribution in [2.45, 2.75) is 49.7 Å². The lowest BCUT2D eigenvalue weighted by Crippen LogP contribution is -2.41. The van der Waals surface area contributed by atoms with Gasteiger partial charge >= 0.3 is 5.97 Å². The molecule has 3 heteroatoms. The highest BCUT2D eigenvalue weighted by Gasteiger charge is 2.48. The Balaban J connectivity index is 2.12. The molecule has 0 aromatic heterocycles. The van der Waals surface area contributed by atoms with Crippen LogP contribution in [-0.2, 0) is 4.79 Å². The van der Waals surface area contributed by atoms with Gasteiger partial charge in [-0.1, -0.05) is 19.3 Å². The molecule has 14 heavy (non-hydrogen) atoms. The average molecular weight is 214 g/mol. The minimum atomic E-state index is -0.549. The Morgan fingerprint density at radius 2 is 1.93 bits per heavy atom. The Bertz CT molecular complexity index is 215. The molecule has 2 fully saturated rings. The van der Waals surface area contributed by atoms with Crippen LogP contribution in [0.15, 0.2) is 0 Å². The first-order valence-electron chi connectivity index (χ1n) is 5.63. The van der Waals surface area contributed by atoms with E-state index < -0.39 is 10.7 Å². The van der Waals surface area contributed by atoms with Crippen molar-refractivity contribution in [2.75, 3.05) is 5.75 Å². The van der Waals surface area contributed by atoms with Gasteiger partial charge in [-0.05, 0) is 37.4 Å². The molecule has 1 unspecified atom stereocenters. The molecule has 0 amide bonds. The highest BCUT2D eigenvalue weighted by atomic mass is 32.2. The zero-order valence-corrected chi connectivity index (χ0v) is 9.31. The molecule has 1 atom stereocenters. The summed E-state index contributed by atoms with van der Waals surface area (Å²) >= 11 is 1.70. The van der Waals surface area contributed by atoms with Gasteiger partial charge in [0.2, 0.25) is 0 Å². The number of carboxylic acids is 1. The van der Waals surface area contributed by atoms with E-state index in [9.17, 15) is 9.90 Å². The molecular weight excluding hydrogens is 196 g/mol. The molecule has 1 N–H and O–H groups in total. The fraction of sp³-hybridized carbons (Fsp3) is 0.909. The fourth-order valence-corrected chi connectivity index (χ4v) is 4.43. The van der Waals surface area contributed by atoms with Gasteiger partial charge in [0.05, 0.1) is 0 Å². The van der Waals surface area contributed by atoms with Crippen molar-refractivity contribution >= 4 is 17.7 Å². The number of carbonyl (C=O) groups is 1. The van der Waals surface area contributed by atoms with Crippen LogP contribution < -0.4 is 0 Å². The third kappa shape index (κ3) is 1.67. The molecule has 0 bridgehead atoms. The van der Waals surface area contributed by atoms with Crippen molar-refractivity contribution in [3.8, 4) is 0 Å². The molecule has 1 aliphatic heterocycles. The summed E-state index contributed by atoms with van der Waals surface area (Å²) < 4.78 is -0.402. The van der Waals surface area contributed by atoms with Crippen LogP contribution in [0.5, 0.6) is 0 Å². The quantitative estimate of drug-likeness (QED) is 0.768. The van der Waals surface area contributed by atoms with Gasteiger partial charge in [-0.3, -0.25) is 4.79 Å². The van der Waals surface area contributed by atoms with E-state index in [4.69, 9.17) is 0 Å². The Hall–Kier alpha value is -0.180. The lowest BCUT2D eigenvalue weighted by Gasteiger charge is -2.35. The van der Waals surface area contributed by atoms with Crippen LogP contribution >= 0.6 is 11.8 Å². The maximum atomic E-state index is 11.4. The van der Waals surface area contributed by atoms with Crippen molar-refractivity contribution in [3.05, 3.63) is 0 Å². The Kier molecular flexibility index (Phi) is 3.05. The summed E-state index contributed by atoms with van der Waals surface area (Å²) in [5.74, 6) is 0.941. The van der Waals surface area contributed by atoms with Crippen LogP contribution in [0.3, 0.4) is 0 Å². The molecule has 2 nitrogen and oxygen atoms in total. The summed E-state index contributed by atoms with van der Waals surface area (Å²) in [5, 5.41) is 9.40. The van der Waals surface area contributed by atoms with Crippen molar-refractivity contribution in [3.63, 3.8) is 0 Å². The second-order valence-corrected chi connectivity index (χ2v) is 5.91. The minimum Gasteiger partial charge on any atom is -0.480 e. The normalized spacial score (nSPS) is 34.6. The molecule has 1 heterocycles. The molecule has 0 radical (unpaired) electrons. The molecule has 2 rings (SSSR count). The predicted molar refractivity (Wildman–Crippen MR) is 58.6 cm³/mol. The molecule has 0 aromatic carbocycles. The van der Waals surface area contributed by atoms with E-state index in [0.29, 0.717) is 5.92 Å². The lowest BCUT2D eigenvalue weighted by molar-refractivity contribution is -0.141. The van der Waals surface area contributed by atoms with Crippen LogP contribution in [-0.4, -0.2) is 21.6 Å². The average Bonchev–Trinajstić information content (AvgIpc) is 2.69. The van der Waals surface area contributed by atoms with Crippen LogP contribution in [0.25, 0.3) is 0 Å². The van der Waals surface area contributed by atoms with Gasteiger partial charge in [-0.15, -0.1) is 11.8 Å². The first-order valence-corrected chi connectivity index (χ1v) is 6.61. The number of hydrogen-bond acceptors (Lipinski definition) is 2. The predicted octanol–water partition coefficient (Wildman–Crippen LogP) is 2.92. The summed E-state index contributed by atoms with van der Waals surface area (Å²) in [6, 6.07) is 0. The topological polar surface area (TPSA) is 37.3 Å². The van der Waals surface area contributed by atoms with Gasteiger partial charge in [0.15, 0.2) is 0 Å². The zero-order chi connectivity index (χ0) is 10.0. The lowest BCUT2D eigenvalue weighted by atomic mass is 9.77. The number of aliphatic carboxylic acids is 1. The Labute approximate surface area is 89.5 Å². The van der Waals surface area contributed by atoms with Crippen molar-refractivity contribution < 1.29 is 9.90 Å². The molecule has 80 valence electrons. The summed E-state index contributed by atoms with van der Waals surface area (Å²) in [6.07, 6.45) is 8.04. The van der Waals surface area contributed by atoms with Gasteiger partial charge in [0.25, 0.3) is 0 Å². The van der Waals surface area contributed by atoms with Crippen LogP contribution in [0.2, 0.25) is 0 Å². The van der Waals surface area contributed by atoms with Gasteiger partial charge in [-0.25, -0.2) is 0 Å². The van der Waals surface area contributed by atoms with Gasteiger partial charge in [0, 0.05) is 0 Å². The summed E-state index contributed by atoms with van der Waals surface area (Å²) in [7, 11) is 0. The van der Waals surface area contributed by atoms with E-state index >= 15 is 0 Å². The smallest absolute Gasteiger partial charge is 0.320 e. The third-order valence-corrected chi connectivity index (χ3v) is 5.40. The fourth-order valence-electron chi connectivity index (χ4n) is 2.90. The van der Waals surface area contributed by atoms with E-state index in [2.05, 4.69) is 0 Å². The summed E-state index contributed by atoms with van der Waals surface area (Å²) in [6.45, 7) is 0. The summed E-state index contributed by atoms with van der Waals surface area (Å²) in [5.41, 5.74) is 0. The van der Waals surface area contributed by atoms with Crippen molar-refractivity contribution in [1.82, 2.24) is 0 Å². The SMILES string of the molecule is O=C(O)C1(C2CCCCC2)CCCS1. The van der Waals surface area contributed by atoms with Crippen LogP contribution in [0.1, 0.15) is 44.9 Å². The van der Waals surface area contributed by atoms with E-state index in [1.807, 2.05) is 0 Å². The van der Waals surface area contributed by atoms with Crippen molar-refractivity contribution in [2.24, 2.45) is 5.92 Å². The molecule has 1 saturated carbocycles. The molecular formula is C11H18O2S. The third-order valence-electron chi connectivity index (χ3n) is 3.68. The largest absolute Gasteiger partial charge is 0.480 e. The number of thioether (sulfide) groups is 1. The second-order valence-electron chi connectivity index (χ2n) is 4.48. The van der Waals surface area contributed by atoms with Crippen LogP contribution in [0, 0.1) is 5.92 Å². The monoisotopic (exact) mass is 214 g/mol.